The highest BCUT2D eigenvalue weighted by Crippen LogP contribution is 2.27. The van der Waals surface area contributed by atoms with Gasteiger partial charge in [0.15, 0.2) is 5.65 Å². The van der Waals surface area contributed by atoms with Crippen LogP contribution < -0.4 is 10.1 Å². The maximum atomic E-state index is 14.2. The highest BCUT2D eigenvalue weighted by molar-refractivity contribution is 5.78. The molecule has 0 aliphatic rings. The van der Waals surface area contributed by atoms with Gasteiger partial charge in [0.05, 0.1) is 7.11 Å². The molecule has 1 N–H and O–H groups in total. The zero-order valence-corrected chi connectivity index (χ0v) is 15.0. The number of hydrogen-bond acceptors (Lipinski definition) is 5. The first kappa shape index (κ1) is 17.0. The number of rotatable bonds is 5. The Kier molecular flexibility index (Phi) is 4.42. The molecule has 6 nitrogen and oxygen atoms in total. The summed E-state index contributed by atoms with van der Waals surface area (Å²) < 4.78 is 21.2. The van der Waals surface area contributed by atoms with E-state index in [4.69, 9.17) is 4.74 Å². The average Bonchev–Trinajstić information content (AvgIpc) is 3.17. The summed E-state index contributed by atoms with van der Waals surface area (Å²) in [6.45, 7) is 2.22. The van der Waals surface area contributed by atoms with Crippen LogP contribution in [0, 0.1) is 12.7 Å². The van der Waals surface area contributed by atoms with Gasteiger partial charge in [-0.15, -0.1) is 10.2 Å². The largest absolute Gasteiger partial charge is 0.496 e. The molecule has 0 radical (unpaired) electrons. The maximum Gasteiger partial charge on any atom is 0.170 e. The first-order chi connectivity index (χ1) is 13.2. The van der Waals surface area contributed by atoms with Gasteiger partial charge in [-0.05, 0) is 37.3 Å². The smallest absolute Gasteiger partial charge is 0.170 e. The van der Waals surface area contributed by atoms with Crippen LogP contribution >= 0.6 is 0 Å². The molecule has 3 heterocycles. The van der Waals surface area contributed by atoms with E-state index in [1.165, 1.54) is 13.2 Å². The van der Waals surface area contributed by atoms with E-state index in [0.29, 0.717) is 17.0 Å². The van der Waals surface area contributed by atoms with Gasteiger partial charge < -0.3 is 10.1 Å². The Morgan fingerprint density at radius 3 is 2.81 bits per heavy atom. The van der Waals surface area contributed by atoms with Gasteiger partial charge in [0, 0.05) is 35.1 Å². The van der Waals surface area contributed by atoms with Crippen LogP contribution in [-0.4, -0.2) is 26.7 Å². The number of hydrogen-bond donors (Lipinski definition) is 1. The summed E-state index contributed by atoms with van der Waals surface area (Å²) in [5.41, 5.74) is 4.00. The van der Waals surface area contributed by atoms with Crippen molar-refractivity contribution in [1.82, 2.24) is 19.6 Å². The Labute approximate surface area is 155 Å². The Morgan fingerprint density at radius 2 is 2.04 bits per heavy atom. The predicted octanol–water partition coefficient (Wildman–Crippen LogP) is 3.86. The summed E-state index contributed by atoms with van der Waals surface area (Å²) in [7, 11) is 1.53. The first-order valence-electron chi connectivity index (χ1n) is 8.48. The molecule has 0 bridgehead atoms. The fourth-order valence-corrected chi connectivity index (χ4v) is 2.99. The van der Waals surface area contributed by atoms with Crippen molar-refractivity contribution in [3.8, 4) is 16.9 Å². The lowest BCUT2D eigenvalue weighted by molar-refractivity contribution is 0.405. The van der Waals surface area contributed by atoms with Crippen LogP contribution in [0.4, 0.5) is 10.2 Å². The minimum atomic E-state index is -0.316. The molecule has 27 heavy (non-hydrogen) atoms. The molecule has 4 aromatic rings. The number of benzene rings is 1. The highest BCUT2D eigenvalue weighted by Gasteiger charge is 2.12. The minimum absolute atomic E-state index is 0.272. The van der Waals surface area contributed by atoms with E-state index in [1.807, 2.05) is 41.8 Å². The van der Waals surface area contributed by atoms with Gasteiger partial charge in [0.25, 0.3) is 0 Å². The number of anilines is 1. The Hall–Kier alpha value is -3.48. The van der Waals surface area contributed by atoms with Gasteiger partial charge in [0.1, 0.15) is 23.7 Å². The van der Waals surface area contributed by atoms with Gasteiger partial charge in [-0.3, -0.25) is 9.38 Å². The number of aromatic nitrogens is 4. The fourth-order valence-electron chi connectivity index (χ4n) is 2.99. The SMILES string of the molecule is COc1cccc(F)c1CNc1ccc(-c2ccc(C)nc2)c2nncn12. The van der Waals surface area contributed by atoms with Gasteiger partial charge >= 0.3 is 0 Å². The quantitative estimate of drug-likeness (QED) is 0.583. The summed E-state index contributed by atoms with van der Waals surface area (Å²) in [4.78, 5) is 4.35. The summed E-state index contributed by atoms with van der Waals surface area (Å²) in [5.74, 6) is 0.943. The zero-order valence-electron chi connectivity index (χ0n) is 15.0. The monoisotopic (exact) mass is 363 g/mol. The molecule has 0 atom stereocenters. The van der Waals surface area contributed by atoms with Crippen LogP contribution in [0.2, 0.25) is 0 Å². The van der Waals surface area contributed by atoms with Crippen LogP contribution in [0.3, 0.4) is 0 Å². The van der Waals surface area contributed by atoms with Crippen LogP contribution in [0.5, 0.6) is 5.75 Å². The molecule has 7 heteroatoms. The molecule has 0 saturated carbocycles. The Morgan fingerprint density at radius 1 is 1.15 bits per heavy atom. The van der Waals surface area contributed by atoms with Crippen LogP contribution in [0.25, 0.3) is 16.8 Å². The third-order valence-corrected chi connectivity index (χ3v) is 4.42. The fraction of sp³-hybridized carbons (Fsp3) is 0.150. The molecule has 0 amide bonds. The van der Waals surface area contributed by atoms with E-state index < -0.39 is 0 Å². The van der Waals surface area contributed by atoms with Gasteiger partial charge in [-0.25, -0.2) is 4.39 Å². The summed E-state index contributed by atoms with van der Waals surface area (Å²) in [6, 6.07) is 12.6. The van der Waals surface area contributed by atoms with Crippen molar-refractivity contribution in [2.45, 2.75) is 13.5 Å². The van der Waals surface area contributed by atoms with Crippen molar-refractivity contribution < 1.29 is 9.13 Å². The first-order valence-corrected chi connectivity index (χ1v) is 8.48. The van der Waals surface area contributed by atoms with Crippen LogP contribution in [0.15, 0.2) is 55.0 Å². The maximum absolute atomic E-state index is 14.2. The second-order valence-corrected chi connectivity index (χ2v) is 6.12. The Bertz CT molecular complexity index is 1090. The van der Waals surface area contributed by atoms with Crippen molar-refractivity contribution in [1.29, 1.82) is 0 Å². The van der Waals surface area contributed by atoms with E-state index in [0.717, 1.165) is 22.6 Å². The van der Waals surface area contributed by atoms with Gasteiger partial charge in [0.2, 0.25) is 0 Å². The lowest BCUT2D eigenvalue weighted by atomic mass is 10.1. The van der Waals surface area contributed by atoms with E-state index in [-0.39, 0.29) is 12.4 Å². The molecule has 0 saturated heterocycles. The third kappa shape index (κ3) is 3.19. The second kappa shape index (κ2) is 7.03. The number of methoxy groups -OCH3 is 1. The molecule has 0 aliphatic heterocycles. The molecule has 0 aliphatic carbocycles. The van der Waals surface area contributed by atoms with Crippen molar-refractivity contribution in [2.24, 2.45) is 0 Å². The molecule has 3 aromatic heterocycles. The standard InChI is InChI=1S/C20H18FN5O/c1-13-6-7-14(10-22-13)15-8-9-19(26-12-24-25-20(15)26)23-11-16-17(21)4-3-5-18(16)27-2/h3-10,12,23H,11H2,1-2H3. The summed E-state index contributed by atoms with van der Waals surface area (Å²) >= 11 is 0. The van der Waals surface area contributed by atoms with E-state index in [9.17, 15) is 4.39 Å². The molecule has 136 valence electrons. The molecule has 0 fully saturated rings. The lowest BCUT2D eigenvalue weighted by Gasteiger charge is -2.13. The van der Waals surface area contributed by atoms with Gasteiger partial charge in [-0.1, -0.05) is 12.1 Å². The molecule has 1 aromatic carbocycles. The molecule has 0 spiro atoms. The predicted molar refractivity (Wildman–Crippen MR) is 101 cm³/mol. The van der Waals surface area contributed by atoms with Crippen molar-refractivity contribution >= 4 is 11.5 Å². The normalized spacial score (nSPS) is 10.9. The zero-order chi connectivity index (χ0) is 18.8. The molecular weight excluding hydrogens is 345 g/mol. The number of nitrogens with one attached hydrogen (secondary N) is 1. The van der Waals surface area contributed by atoms with Crippen molar-refractivity contribution in [2.75, 3.05) is 12.4 Å². The molecule has 4 rings (SSSR count). The highest BCUT2D eigenvalue weighted by atomic mass is 19.1. The van der Waals surface area contributed by atoms with Crippen molar-refractivity contribution in [3.05, 3.63) is 72.1 Å². The van der Waals surface area contributed by atoms with Crippen LogP contribution in [-0.2, 0) is 6.54 Å². The third-order valence-electron chi connectivity index (χ3n) is 4.42. The number of pyridine rings is 2. The van der Waals surface area contributed by atoms with Crippen molar-refractivity contribution in [3.63, 3.8) is 0 Å². The number of ether oxygens (including phenoxy) is 1. The number of nitrogens with zero attached hydrogens (tertiary/aromatic N) is 4. The second-order valence-electron chi connectivity index (χ2n) is 6.12. The summed E-state index contributed by atoms with van der Waals surface area (Å²) in [5, 5.41) is 11.5. The Balaban J connectivity index is 1.68. The lowest BCUT2D eigenvalue weighted by Crippen LogP contribution is -2.07. The molecule has 0 unspecified atom stereocenters. The topological polar surface area (TPSA) is 64.3 Å². The average molecular weight is 363 g/mol. The minimum Gasteiger partial charge on any atom is -0.496 e. The van der Waals surface area contributed by atoms with E-state index >= 15 is 0 Å². The number of aryl methyl sites for hydroxylation is 1. The van der Waals surface area contributed by atoms with E-state index in [1.54, 1.807) is 18.5 Å². The number of fused-ring (bicyclic) bond motifs is 1. The summed E-state index contributed by atoms with van der Waals surface area (Å²) in [6.07, 6.45) is 3.44. The molecular formula is C20H18FN5O. The number of halogens is 1. The van der Waals surface area contributed by atoms with Gasteiger partial charge in [-0.2, -0.15) is 0 Å². The van der Waals surface area contributed by atoms with E-state index in [2.05, 4.69) is 20.5 Å². The van der Waals surface area contributed by atoms with Crippen LogP contribution in [0.1, 0.15) is 11.3 Å².